The fourth-order valence-electron chi connectivity index (χ4n) is 2.60. The molecule has 0 aromatic heterocycles. The lowest BCUT2D eigenvalue weighted by Crippen LogP contribution is -2.24. The van der Waals surface area contributed by atoms with Gasteiger partial charge in [-0.25, -0.2) is 10.2 Å². The maximum Gasteiger partial charge on any atom is 0.332 e. The number of hydrazone groups is 1. The number of ether oxygens (including phenoxy) is 3. The van der Waals surface area contributed by atoms with E-state index in [0.717, 1.165) is 17.7 Å². The highest BCUT2D eigenvalue weighted by Gasteiger charge is 2.07. The summed E-state index contributed by atoms with van der Waals surface area (Å²) in [4.78, 5) is 10.7. The van der Waals surface area contributed by atoms with Crippen LogP contribution in [0.3, 0.4) is 0 Å². The fourth-order valence-corrected chi connectivity index (χ4v) is 2.60. The summed E-state index contributed by atoms with van der Waals surface area (Å²) < 4.78 is 17.2. The van der Waals surface area contributed by atoms with Crippen LogP contribution in [0.15, 0.2) is 47.6 Å². The molecule has 2 aromatic rings. The Morgan fingerprint density at radius 1 is 1.07 bits per heavy atom. The quantitative estimate of drug-likeness (QED) is 0.338. The summed E-state index contributed by atoms with van der Waals surface area (Å²) in [5.41, 5.74) is 9.18. The van der Waals surface area contributed by atoms with Gasteiger partial charge in [0.1, 0.15) is 19.0 Å². The second-order valence-electron chi connectivity index (χ2n) is 6.45. The van der Waals surface area contributed by atoms with E-state index in [1.54, 1.807) is 18.2 Å². The molecule has 0 bridgehead atoms. The molecule has 1 atom stereocenters. The largest absolute Gasteiger partial charge is 0.490 e. The summed E-state index contributed by atoms with van der Waals surface area (Å²) in [6, 6.07) is 12.8. The van der Waals surface area contributed by atoms with Gasteiger partial charge in [-0.15, -0.1) is 0 Å². The molecule has 2 rings (SSSR count). The van der Waals surface area contributed by atoms with Crippen LogP contribution in [0.4, 0.5) is 4.79 Å². The van der Waals surface area contributed by atoms with Gasteiger partial charge in [-0.3, -0.25) is 0 Å². The zero-order valence-corrected chi connectivity index (χ0v) is 17.2. The van der Waals surface area contributed by atoms with Crippen LogP contribution in [0.25, 0.3) is 0 Å². The molecule has 2 amide bonds. The third-order valence-corrected chi connectivity index (χ3v) is 4.33. The number of hydrogen-bond acceptors (Lipinski definition) is 5. The van der Waals surface area contributed by atoms with E-state index < -0.39 is 6.03 Å². The monoisotopic (exact) mass is 399 g/mol. The molecule has 0 aliphatic heterocycles. The van der Waals surface area contributed by atoms with Gasteiger partial charge in [-0.2, -0.15) is 5.10 Å². The van der Waals surface area contributed by atoms with E-state index in [4.69, 9.17) is 19.9 Å². The Morgan fingerprint density at radius 2 is 1.79 bits per heavy atom. The Kier molecular flexibility index (Phi) is 8.82. The van der Waals surface area contributed by atoms with Crippen molar-refractivity contribution in [1.82, 2.24) is 5.43 Å². The number of urea groups is 1. The molecular weight excluding hydrogens is 370 g/mol. The third kappa shape index (κ3) is 7.37. The first-order valence-corrected chi connectivity index (χ1v) is 9.74. The number of amides is 2. The van der Waals surface area contributed by atoms with Gasteiger partial charge in [-0.1, -0.05) is 26.0 Å². The number of nitrogens with two attached hydrogens (primary N) is 1. The summed E-state index contributed by atoms with van der Waals surface area (Å²) in [6.07, 6.45) is 2.59. The number of primary amides is 1. The molecule has 0 unspecified atom stereocenters. The highest BCUT2D eigenvalue weighted by Crippen LogP contribution is 2.28. The van der Waals surface area contributed by atoms with E-state index in [9.17, 15) is 4.79 Å². The van der Waals surface area contributed by atoms with Gasteiger partial charge in [-0.05, 0) is 60.7 Å². The predicted octanol–water partition coefficient (Wildman–Crippen LogP) is 4.06. The van der Waals surface area contributed by atoms with Crippen molar-refractivity contribution in [2.45, 2.75) is 33.1 Å². The highest BCUT2D eigenvalue weighted by molar-refractivity contribution is 5.82. The number of nitrogens with zero attached hydrogens (tertiary/aromatic N) is 1. The first-order valence-electron chi connectivity index (χ1n) is 9.74. The number of nitrogens with one attached hydrogen (secondary N) is 1. The molecule has 0 aliphatic rings. The van der Waals surface area contributed by atoms with Crippen LogP contribution >= 0.6 is 0 Å². The SMILES string of the molecule is CCOc1cc(/C=N\NC(N)=O)ccc1OCCOc1ccc([C@H](C)CC)cc1. The Hall–Kier alpha value is -3.22. The van der Waals surface area contributed by atoms with E-state index in [1.807, 2.05) is 19.1 Å². The number of carbonyl (C=O) groups is 1. The second kappa shape index (κ2) is 11.6. The molecule has 29 heavy (non-hydrogen) atoms. The molecule has 7 heteroatoms. The van der Waals surface area contributed by atoms with Crippen molar-refractivity contribution in [2.75, 3.05) is 19.8 Å². The van der Waals surface area contributed by atoms with Crippen molar-refractivity contribution in [3.63, 3.8) is 0 Å². The lowest BCUT2D eigenvalue weighted by atomic mass is 9.99. The fraction of sp³-hybridized carbons (Fsp3) is 0.364. The van der Waals surface area contributed by atoms with Crippen molar-refractivity contribution in [1.29, 1.82) is 0 Å². The number of rotatable bonds is 11. The number of carbonyl (C=O) groups excluding carboxylic acids is 1. The standard InChI is InChI=1S/C22H29N3O4/c1-4-16(3)18-7-9-19(10-8-18)28-12-13-29-20-11-6-17(14-21(20)27-5-2)15-24-25-22(23)26/h6-11,14-16H,4-5,12-13H2,1-3H3,(H3,23,25,26)/b24-15-/t16-/m1/s1. The van der Waals surface area contributed by atoms with Gasteiger partial charge in [0.15, 0.2) is 11.5 Å². The van der Waals surface area contributed by atoms with Crippen molar-refractivity contribution in [3.05, 3.63) is 53.6 Å². The lowest BCUT2D eigenvalue weighted by molar-refractivity contribution is 0.208. The average molecular weight is 399 g/mol. The molecule has 0 saturated heterocycles. The topological polar surface area (TPSA) is 95.2 Å². The van der Waals surface area contributed by atoms with Crippen molar-refractivity contribution in [2.24, 2.45) is 10.8 Å². The van der Waals surface area contributed by atoms with Crippen LogP contribution < -0.4 is 25.4 Å². The molecule has 7 nitrogen and oxygen atoms in total. The van der Waals surface area contributed by atoms with Crippen LogP contribution in [0.1, 0.15) is 44.2 Å². The average Bonchev–Trinajstić information content (AvgIpc) is 2.72. The van der Waals surface area contributed by atoms with Crippen LogP contribution in [0.2, 0.25) is 0 Å². The van der Waals surface area contributed by atoms with Crippen LogP contribution in [-0.4, -0.2) is 32.1 Å². The van der Waals surface area contributed by atoms with Crippen molar-refractivity contribution >= 4 is 12.2 Å². The summed E-state index contributed by atoms with van der Waals surface area (Å²) in [5, 5.41) is 3.74. The second-order valence-corrected chi connectivity index (χ2v) is 6.45. The molecule has 0 radical (unpaired) electrons. The summed E-state index contributed by atoms with van der Waals surface area (Å²) in [5.74, 6) is 2.57. The first-order chi connectivity index (χ1) is 14.0. The van der Waals surface area contributed by atoms with Crippen molar-refractivity contribution in [3.8, 4) is 17.2 Å². The summed E-state index contributed by atoms with van der Waals surface area (Å²) in [6.45, 7) is 7.58. The third-order valence-electron chi connectivity index (χ3n) is 4.33. The molecule has 156 valence electrons. The predicted molar refractivity (Wildman–Crippen MR) is 114 cm³/mol. The lowest BCUT2D eigenvalue weighted by Gasteiger charge is -2.14. The van der Waals surface area contributed by atoms with E-state index in [0.29, 0.717) is 37.2 Å². The molecule has 0 saturated carbocycles. The van der Waals surface area contributed by atoms with Gasteiger partial charge in [0.25, 0.3) is 0 Å². The van der Waals surface area contributed by atoms with Gasteiger partial charge in [0, 0.05) is 0 Å². The molecule has 0 fully saturated rings. The van der Waals surface area contributed by atoms with Gasteiger partial charge >= 0.3 is 6.03 Å². The molecule has 0 heterocycles. The number of benzene rings is 2. The Labute approximate surface area is 171 Å². The number of hydrogen-bond donors (Lipinski definition) is 2. The van der Waals surface area contributed by atoms with Crippen LogP contribution in [0.5, 0.6) is 17.2 Å². The smallest absolute Gasteiger partial charge is 0.332 e. The van der Waals surface area contributed by atoms with Gasteiger partial charge < -0.3 is 19.9 Å². The van der Waals surface area contributed by atoms with E-state index >= 15 is 0 Å². The molecule has 2 aromatic carbocycles. The minimum absolute atomic E-state index is 0.379. The van der Waals surface area contributed by atoms with Crippen LogP contribution in [-0.2, 0) is 0 Å². The molecule has 3 N–H and O–H groups in total. The summed E-state index contributed by atoms with van der Waals surface area (Å²) >= 11 is 0. The van der Waals surface area contributed by atoms with Gasteiger partial charge in [0.05, 0.1) is 12.8 Å². The van der Waals surface area contributed by atoms with Gasteiger partial charge in [0.2, 0.25) is 0 Å². The first kappa shape index (κ1) is 22.1. The Balaban J connectivity index is 1.88. The van der Waals surface area contributed by atoms with E-state index in [1.165, 1.54) is 11.8 Å². The Bertz CT molecular complexity index is 806. The maximum absolute atomic E-state index is 10.7. The van der Waals surface area contributed by atoms with E-state index in [2.05, 4.69) is 36.5 Å². The van der Waals surface area contributed by atoms with E-state index in [-0.39, 0.29) is 0 Å². The normalized spacial score (nSPS) is 11.8. The minimum Gasteiger partial charge on any atom is -0.490 e. The molecular formula is C22H29N3O4. The maximum atomic E-state index is 10.7. The zero-order valence-electron chi connectivity index (χ0n) is 17.2. The highest BCUT2D eigenvalue weighted by atomic mass is 16.5. The Morgan fingerprint density at radius 3 is 2.45 bits per heavy atom. The minimum atomic E-state index is -0.722. The summed E-state index contributed by atoms with van der Waals surface area (Å²) in [7, 11) is 0. The molecule has 0 spiro atoms. The molecule has 0 aliphatic carbocycles. The zero-order chi connectivity index (χ0) is 21.1. The van der Waals surface area contributed by atoms with Crippen molar-refractivity contribution < 1.29 is 19.0 Å². The van der Waals surface area contributed by atoms with Crippen LogP contribution in [0, 0.1) is 0 Å².